The second-order valence-electron chi connectivity index (χ2n) is 6.79. The van der Waals surface area contributed by atoms with Crippen LogP contribution in [0.3, 0.4) is 0 Å². The molecule has 29 heavy (non-hydrogen) atoms. The second kappa shape index (κ2) is 7.97. The fraction of sp³-hybridized carbons (Fsp3) is 0.190. The number of nitro groups is 1. The fourth-order valence-electron chi connectivity index (χ4n) is 3.38. The lowest BCUT2D eigenvalue weighted by Crippen LogP contribution is -2.18. The summed E-state index contributed by atoms with van der Waals surface area (Å²) < 4.78 is 5.60. The smallest absolute Gasteiger partial charge is 0.291 e. The minimum Gasteiger partial charge on any atom is -0.451 e. The summed E-state index contributed by atoms with van der Waals surface area (Å²) in [5.74, 6) is 0.0548. The van der Waals surface area contributed by atoms with Gasteiger partial charge in [-0.3, -0.25) is 14.9 Å². The number of nitro benzene ring substituents is 1. The molecular formula is C21H18ClN3O4. The number of benzene rings is 2. The number of rotatable bonds is 5. The van der Waals surface area contributed by atoms with Gasteiger partial charge in [0.15, 0.2) is 5.76 Å². The molecule has 0 radical (unpaired) electrons. The summed E-state index contributed by atoms with van der Waals surface area (Å²) in [5.41, 5.74) is 2.01. The molecule has 0 spiro atoms. The van der Waals surface area contributed by atoms with Crippen LogP contribution in [0, 0.1) is 10.1 Å². The Bertz CT molecular complexity index is 1070. The van der Waals surface area contributed by atoms with E-state index in [9.17, 15) is 14.9 Å². The number of nitrogens with zero attached hydrogens (tertiary/aromatic N) is 2. The van der Waals surface area contributed by atoms with E-state index in [2.05, 4.69) is 10.2 Å². The Labute approximate surface area is 172 Å². The van der Waals surface area contributed by atoms with Crippen LogP contribution in [0.2, 0.25) is 5.02 Å². The Morgan fingerprint density at radius 1 is 1.10 bits per heavy atom. The van der Waals surface area contributed by atoms with Crippen LogP contribution in [-0.2, 0) is 0 Å². The van der Waals surface area contributed by atoms with Crippen LogP contribution < -0.4 is 10.2 Å². The molecule has 7 nitrogen and oxygen atoms in total. The van der Waals surface area contributed by atoms with Gasteiger partial charge in [0.05, 0.1) is 15.6 Å². The molecule has 0 saturated carbocycles. The number of hydrogen-bond acceptors (Lipinski definition) is 5. The molecule has 2 aromatic carbocycles. The van der Waals surface area contributed by atoms with Gasteiger partial charge in [0, 0.05) is 36.5 Å². The third-order valence-corrected chi connectivity index (χ3v) is 5.13. The van der Waals surface area contributed by atoms with E-state index in [1.807, 2.05) is 12.1 Å². The van der Waals surface area contributed by atoms with Gasteiger partial charge in [0.2, 0.25) is 0 Å². The van der Waals surface area contributed by atoms with Gasteiger partial charge in [0.1, 0.15) is 5.76 Å². The van der Waals surface area contributed by atoms with Crippen LogP contribution in [0.5, 0.6) is 0 Å². The molecular weight excluding hydrogens is 394 g/mol. The van der Waals surface area contributed by atoms with Gasteiger partial charge >= 0.3 is 0 Å². The lowest BCUT2D eigenvalue weighted by molar-refractivity contribution is -0.384. The van der Waals surface area contributed by atoms with Crippen LogP contribution in [0.25, 0.3) is 11.3 Å². The molecule has 1 N–H and O–H groups in total. The van der Waals surface area contributed by atoms with Gasteiger partial charge in [-0.2, -0.15) is 0 Å². The maximum absolute atomic E-state index is 12.5. The first-order valence-electron chi connectivity index (χ1n) is 9.22. The first kappa shape index (κ1) is 19.0. The number of carbonyl (C=O) groups excluding carboxylic acids is 1. The molecule has 3 aromatic rings. The Hall–Kier alpha value is -3.32. The summed E-state index contributed by atoms with van der Waals surface area (Å²) in [7, 11) is 0. The van der Waals surface area contributed by atoms with E-state index < -0.39 is 10.8 Å². The zero-order valence-corrected chi connectivity index (χ0v) is 16.2. The lowest BCUT2D eigenvalue weighted by atomic mass is 10.1. The standard InChI is InChI=1S/C21H18ClN3O4/c22-17-13-15(6-7-18(17)24-10-1-2-11-24)23-21(26)20-9-8-19(29-20)14-4-3-5-16(12-14)25(27)28/h3-9,12-13H,1-2,10-11H2,(H,23,26). The van der Waals surface area contributed by atoms with Crippen molar-refractivity contribution in [1.29, 1.82) is 0 Å². The average molecular weight is 412 g/mol. The van der Waals surface area contributed by atoms with Gasteiger partial charge in [-0.1, -0.05) is 23.7 Å². The number of nitrogens with one attached hydrogen (secondary N) is 1. The minimum absolute atomic E-state index is 0.0439. The molecule has 1 amide bonds. The predicted octanol–water partition coefficient (Wildman–Crippen LogP) is 5.36. The second-order valence-corrected chi connectivity index (χ2v) is 7.19. The monoisotopic (exact) mass is 411 g/mol. The first-order chi connectivity index (χ1) is 14.0. The molecule has 2 heterocycles. The molecule has 0 aliphatic carbocycles. The van der Waals surface area contributed by atoms with Gasteiger partial charge in [0.25, 0.3) is 11.6 Å². The SMILES string of the molecule is O=C(Nc1ccc(N2CCCC2)c(Cl)c1)c1ccc(-c2cccc([N+](=O)[O-])c2)o1. The highest BCUT2D eigenvalue weighted by molar-refractivity contribution is 6.33. The zero-order chi connectivity index (χ0) is 20.4. The number of furan rings is 1. The number of halogens is 1. The zero-order valence-electron chi connectivity index (χ0n) is 15.4. The quantitative estimate of drug-likeness (QED) is 0.451. The number of hydrogen-bond donors (Lipinski definition) is 1. The summed E-state index contributed by atoms with van der Waals surface area (Å²) in [6, 6.07) is 14.6. The average Bonchev–Trinajstić information content (AvgIpc) is 3.40. The third-order valence-electron chi connectivity index (χ3n) is 4.82. The molecule has 148 valence electrons. The number of non-ortho nitro benzene ring substituents is 1. The van der Waals surface area contributed by atoms with Crippen LogP contribution in [0.1, 0.15) is 23.4 Å². The van der Waals surface area contributed by atoms with Crippen molar-refractivity contribution in [3.63, 3.8) is 0 Å². The molecule has 1 saturated heterocycles. The van der Waals surface area contributed by atoms with Crippen molar-refractivity contribution in [3.8, 4) is 11.3 Å². The Balaban J connectivity index is 1.49. The highest BCUT2D eigenvalue weighted by Gasteiger charge is 2.17. The third kappa shape index (κ3) is 4.09. The van der Waals surface area contributed by atoms with Crippen LogP contribution in [-0.4, -0.2) is 23.9 Å². The number of carbonyl (C=O) groups is 1. The van der Waals surface area contributed by atoms with E-state index >= 15 is 0 Å². The summed E-state index contributed by atoms with van der Waals surface area (Å²) >= 11 is 6.39. The maximum Gasteiger partial charge on any atom is 0.291 e. The highest BCUT2D eigenvalue weighted by Crippen LogP contribution is 2.31. The molecule has 1 aliphatic rings. The maximum atomic E-state index is 12.5. The molecule has 0 atom stereocenters. The van der Waals surface area contributed by atoms with Gasteiger partial charge in [-0.05, 0) is 43.2 Å². The largest absolute Gasteiger partial charge is 0.451 e. The first-order valence-corrected chi connectivity index (χ1v) is 9.59. The normalized spacial score (nSPS) is 13.5. The molecule has 1 aromatic heterocycles. The predicted molar refractivity (Wildman–Crippen MR) is 112 cm³/mol. The van der Waals surface area contributed by atoms with E-state index in [4.69, 9.17) is 16.0 Å². The minimum atomic E-state index is -0.477. The topological polar surface area (TPSA) is 88.6 Å². The van der Waals surface area contributed by atoms with Crippen molar-refractivity contribution >= 4 is 34.6 Å². The van der Waals surface area contributed by atoms with Crippen molar-refractivity contribution in [2.45, 2.75) is 12.8 Å². The van der Waals surface area contributed by atoms with E-state index in [0.29, 0.717) is 22.0 Å². The van der Waals surface area contributed by atoms with Crippen molar-refractivity contribution in [3.05, 3.63) is 75.5 Å². The van der Waals surface area contributed by atoms with Gasteiger partial charge < -0.3 is 14.6 Å². The van der Waals surface area contributed by atoms with Gasteiger partial charge in [-0.15, -0.1) is 0 Å². The van der Waals surface area contributed by atoms with E-state index in [1.54, 1.807) is 24.3 Å². The Kier molecular flexibility index (Phi) is 5.22. The van der Waals surface area contributed by atoms with E-state index in [-0.39, 0.29) is 11.4 Å². The fourth-order valence-corrected chi connectivity index (χ4v) is 3.68. The van der Waals surface area contributed by atoms with Crippen molar-refractivity contribution < 1.29 is 14.1 Å². The molecule has 1 fully saturated rings. The van der Waals surface area contributed by atoms with Crippen molar-refractivity contribution in [2.24, 2.45) is 0 Å². The van der Waals surface area contributed by atoms with Crippen LogP contribution >= 0.6 is 11.6 Å². The summed E-state index contributed by atoms with van der Waals surface area (Å²) in [6.45, 7) is 1.97. The molecule has 0 bridgehead atoms. The number of amides is 1. The number of anilines is 2. The molecule has 1 aliphatic heterocycles. The lowest BCUT2D eigenvalue weighted by Gasteiger charge is -2.19. The van der Waals surface area contributed by atoms with Crippen LogP contribution in [0.4, 0.5) is 17.1 Å². The van der Waals surface area contributed by atoms with E-state index in [1.165, 1.54) is 18.2 Å². The van der Waals surface area contributed by atoms with Crippen molar-refractivity contribution in [1.82, 2.24) is 0 Å². The van der Waals surface area contributed by atoms with Crippen LogP contribution in [0.15, 0.2) is 59.0 Å². The Morgan fingerprint density at radius 3 is 2.62 bits per heavy atom. The highest BCUT2D eigenvalue weighted by atomic mass is 35.5. The Morgan fingerprint density at radius 2 is 1.90 bits per heavy atom. The molecule has 0 unspecified atom stereocenters. The summed E-state index contributed by atoms with van der Waals surface area (Å²) in [5, 5.41) is 14.3. The molecule has 8 heteroatoms. The van der Waals surface area contributed by atoms with Gasteiger partial charge in [-0.25, -0.2) is 0 Å². The summed E-state index contributed by atoms with van der Waals surface area (Å²) in [6.07, 6.45) is 2.31. The summed E-state index contributed by atoms with van der Waals surface area (Å²) in [4.78, 5) is 25.2. The van der Waals surface area contributed by atoms with E-state index in [0.717, 1.165) is 31.6 Å². The molecule has 4 rings (SSSR count). The van der Waals surface area contributed by atoms with Crippen molar-refractivity contribution in [2.75, 3.05) is 23.3 Å².